The molecule has 3 rings (SSSR count). The number of aromatic amines is 1. The van der Waals surface area contributed by atoms with Gasteiger partial charge in [0.25, 0.3) is 0 Å². The number of pyridine rings is 1. The Hall–Kier alpha value is -2.70. The van der Waals surface area contributed by atoms with Gasteiger partial charge in [-0.2, -0.15) is 5.10 Å². The molecule has 0 saturated heterocycles. The average Bonchev–Trinajstić information content (AvgIpc) is 2.88. The van der Waals surface area contributed by atoms with Crippen molar-refractivity contribution in [2.75, 3.05) is 5.73 Å². The summed E-state index contributed by atoms with van der Waals surface area (Å²) in [4.78, 5) is 12.2. The van der Waals surface area contributed by atoms with Crippen molar-refractivity contribution in [2.24, 2.45) is 0 Å². The van der Waals surface area contributed by atoms with Gasteiger partial charge in [-0.1, -0.05) is 6.07 Å². The number of H-pyrrole nitrogens is 1. The number of nitrogens with zero attached hydrogens (tertiary/aromatic N) is 4. The lowest BCUT2D eigenvalue weighted by molar-refractivity contribution is 0.221. The van der Waals surface area contributed by atoms with Crippen LogP contribution in [0.3, 0.4) is 0 Å². The highest BCUT2D eigenvalue weighted by Crippen LogP contribution is 2.26. The second-order valence-electron chi connectivity index (χ2n) is 4.05. The number of ether oxygens (including phenoxy) is 1. The number of nitrogens with two attached hydrogens (primary N) is 1. The number of hydrogen-bond donors (Lipinski definition) is 2. The van der Waals surface area contributed by atoms with Gasteiger partial charge in [0.1, 0.15) is 23.6 Å². The first-order valence-corrected chi connectivity index (χ1v) is 5.77. The molecule has 0 saturated carbocycles. The van der Waals surface area contributed by atoms with E-state index in [-0.39, 0.29) is 6.10 Å². The Morgan fingerprint density at radius 2 is 2.21 bits per heavy atom. The van der Waals surface area contributed by atoms with Crippen molar-refractivity contribution in [3.63, 3.8) is 0 Å². The first-order valence-electron chi connectivity index (χ1n) is 5.77. The van der Waals surface area contributed by atoms with Gasteiger partial charge in [-0.15, -0.1) is 0 Å². The van der Waals surface area contributed by atoms with Crippen LogP contribution in [-0.4, -0.2) is 25.1 Å². The van der Waals surface area contributed by atoms with Crippen LogP contribution in [0, 0.1) is 0 Å². The molecule has 1 unspecified atom stereocenters. The number of nitrogens with one attached hydrogen (secondary N) is 1. The van der Waals surface area contributed by atoms with Crippen LogP contribution < -0.4 is 10.5 Å². The van der Waals surface area contributed by atoms with Crippen LogP contribution >= 0.6 is 0 Å². The second kappa shape index (κ2) is 4.52. The van der Waals surface area contributed by atoms with Crippen LogP contribution in [0.25, 0.3) is 11.0 Å². The summed E-state index contributed by atoms with van der Waals surface area (Å²) in [6.07, 6.45) is 4.44. The van der Waals surface area contributed by atoms with Crippen LogP contribution in [0.5, 0.6) is 5.88 Å². The summed E-state index contributed by atoms with van der Waals surface area (Å²) in [7, 11) is 0. The molecule has 3 N–H and O–H groups in total. The fraction of sp³-hybridized carbons (Fsp3) is 0.167. The van der Waals surface area contributed by atoms with Crippen LogP contribution in [0.1, 0.15) is 18.6 Å². The summed E-state index contributed by atoms with van der Waals surface area (Å²) in [5.41, 5.74) is 7.28. The zero-order chi connectivity index (χ0) is 13.2. The molecule has 7 heteroatoms. The maximum absolute atomic E-state index is 5.83. The van der Waals surface area contributed by atoms with E-state index in [1.807, 2.05) is 19.1 Å². The minimum atomic E-state index is -0.262. The van der Waals surface area contributed by atoms with Gasteiger partial charge in [-0.25, -0.2) is 15.0 Å². The molecule has 3 aromatic rings. The average molecular weight is 256 g/mol. The maximum Gasteiger partial charge on any atom is 0.228 e. The van der Waals surface area contributed by atoms with E-state index < -0.39 is 0 Å². The molecule has 0 aliphatic heterocycles. The highest BCUT2D eigenvalue weighted by Gasteiger charge is 2.14. The Balaban J connectivity index is 1.93. The molecule has 0 spiro atoms. The largest absolute Gasteiger partial charge is 0.469 e. The molecule has 19 heavy (non-hydrogen) atoms. The number of fused-ring (bicyclic) bond motifs is 1. The third-order valence-corrected chi connectivity index (χ3v) is 2.81. The SMILES string of the molecule is CC(Oc1ncnc2[nH]ncc12)c1cccnc1N. The van der Waals surface area contributed by atoms with E-state index in [1.165, 1.54) is 6.33 Å². The van der Waals surface area contributed by atoms with Crippen molar-refractivity contribution in [3.05, 3.63) is 36.4 Å². The van der Waals surface area contributed by atoms with Crippen molar-refractivity contribution >= 4 is 16.9 Å². The lowest BCUT2D eigenvalue weighted by atomic mass is 10.1. The Bertz CT molecular complexity index is 710. The third-order valence-electron chi connectivity index (χ3n) is 2.81. The van der Waals surface area contributed by atoms with Gasteiger partial charge in [-0.05, 0) is 13.0 Å². The van der Waals surface area contributed by atoms with Gasteiger partial charge in [-0.3, -0.25) is 5.10 Å². The summed E-state index contributed by atoms with van der Waals surface area (Å²) in [5.74, 6) is 0.919. The minimum Gasteiger partial charge on any atom is -0.469 e. The van der Waals surface area contributed by atoms with Crippen LogP contribution in [0.15, 0.2) is 30.9 Å². The quantitative estimate of drug-likeness (QED) is 0.735. The topological polar surface area (TPSA) is 103 Å². The molecule has 0 amide bonds. The normalized spacial score (nSPS) is 12.5. The molecule has 0 fully saturated rings. The van der Waals surface area contributed by atoms with Crippen molar-refractivity contribution in [2.45, 2.75) is 13.0 Å². The zero-order valence-corrected chi connectivity index (χ0v) is 10.2. The summed E-state index contributed by atoms with van der Waals surface area (Å²) in [5, 5.41) is 7.41. The van der Waals surface area contributed by atoms with E-state index in [9.17, 15) is 0 Å². The fourth-order valence-corrected chi connectivity index (χ4v) is 1.84. The van der Waals surface area contributed by atoms with Crippen LogP contribution in [0.2, 0.25) is 0 Å². The number of rotatable bonds is 3. The van der Waals surface area contributed by atoms with E-state index in [2.05, 4.69) is 25.1 Å². The van der Waals surface area contributed by atoms with Gasteiger partial charge in [0.2, 0.25) is 5.88 Å². The lowest BCUT2D eigenvalue weighted by Crippen LogP contribution is -2.08. The molecule has 0 radical (unpaired) electrons. The molecule has 1 atom stereocenters. The molecule has 0 aromatic carbocycles. The molecule has 0 aliphatic rings. The molecule has 0 aliphatic carbocycles. The first kappa shape index (κ1) is 11.4. The van der Waals surface area contributed by atoms with Crippen molar-refractivity contribution in [1.82, 2.24) is 25.1 Å². The number of anilines is 1. The van der Waals surface area contributed by atoms with Gasteiger partial charge < -0.3 is 10.5 Å². The number of nitrogen functional groups attached to an aromatic ring is 1. The van der Waals surface area contributed by atoms with Crippen LogP contribution in [0.4, 0.5) is 5.82 Å². The van der Waals surface area contributed by atoms with Gasteiger partial charge in [0, 0.05) is 11.8 Å². The van der Waals surface area contributed by atoms with Gasteiger partial charge in [0.15, 0.2) is 5.65 Å². The summed E-state index contributed by atoms with van der Waals surface area (Å²) in [6, 6.07) is 3.69. The predicted octanol–water partition coefficient (Wildman–Crippen LogP) is 1.47. The van der Waals surface area contributed by atoms with E-state index >= 15 is 0 Å². The molecular weight excluding hydrogens is 244 g/mol. The lowest BCUT2D eigenvalue weighted by Gasteiger charge is -2.15. The second-order valence-corrected chi connectivity index (χ2v) is 4.05. The van der Waals surface area contributed by atoms with Crippen LogP contribution in [-0.2, 0) is 0 Å². The fourth-order valence-electron chi connectivity index (χ4n) is 1.84. The summed E-state index contributed by atoms with van der Waals surface area (Å²) in [6.45, 7) is 1.89. The van der Waals surface area contributed by atoms with E-state index in [0.29, 0.717) is 17.3 Å². The van der Waals surface area contributed by atoms with E-state index in [1.54, 1.807) is 12.4 Å². The van der Waals surface area contributed by atoms with Crippen molar-refractivity contribution in [3.8, 4) is 5.88 Å². The van der Waals surface area contributed by atoms with Crippen molar-refractivity contribution in [1.29, 1.82) is 0 Å². The molecular formula is C12H12N6O. The first-order chi connectivity index (χ1) is 9.25. The highest BCUT2D eigenvalue weighted by molar-refractivity contribution is 5.78. The number of aromatic nitrogens is 5. The predicted molar refractivity (Wildman–Crippen MR) is 69.4 cm³/mol. The summed E-state index contributed by atoms with van der Waals surface area (Å²) >= 11 is 0. The number of hydrogen-bond acceptors (Lipinski definition) is 6. The molecule has 3 aromatic heterocycles. The Labute approximate surface area is 108 Å². The third kappa shape index (κ3) is 2.05. The Kier molecular flexibility index (Phi) is 2.71. The smallest absolute Gasteiger partial charge is 0.228 e. The molecule has 96 valence electrons. The Morgan fingerprint density at radius 1 is 1.32 bits per heavy atom. The maximum atomic E-state index is 5.83. The molecule has 7 nitrogen and oxygen atoms in total. The standard InChI is InChI=1S/C12H12N6O/c1-7(8-3-2-4-14-10(8)13)19-12-9-5-17-18-11(9)15-6-16-12/h2-7H,1H3,(H2,13,14)(H,15,16,17,18). The van der Waals surface area contributed by atoms with Gasteiger partial charge in [0.05, 0.1) is 6.20 Å². The molecule has 0 bridgehead atoms. The van der Waals surface area contributed by atoms with Crippen molar-refractivity contribution < 1.29 is 4.74 Å². The van der Waals surface area contributed by atoms with Gasteiger partial charge >= 0.3 is 0 Å². The minimum absolute atomic E-state index is 0.262. The molecule has 3 heterocycles. The van der Waals surface area contributed by atoms with E-state index in [4.69, 9.17) is 10.5 Å². The Morgan fingerprint density at radius 3 is 3.05 bits per heavy atom. The zero-order valence-electron chi connectivity index (χ0n) is 10.2. The summed E-state index contributed by atoms with van der Waals surface area (Å²) < 4.78 is 5.82. The van der Waals surface area contributed by atoms with E-state index in [0.717, 1.165) is 10.9 Å². The highest BCUT2D eigenvalue weighted by atomic mass is 16.5. The monoisotopic (exact) mass is 256 g/mol.